The monoisotopic (exact) mass is 260 g/mol. The summed E-state index contributed by atoms with van der Waals surface area (Å²) in [5, 5.41) is 8.25. The van der Waals surface area contributed by atoms with Crippen molar-refractivity contribution in [2.45, 2.75) is 26.3 Å². The van der Waals surface area contributed by atoms with Crippen LogP contribution < -0.4 is 10.5 Å². The van der Waals surface area contributed by atoms with Crippen molar-refractivity contribution in [3.05, 3.63) is 41.7 Å². The fraction of sp³-hybridized carbons (Fsp3) is 0.429. The summed E-state index contributed by atoms with van der Waals surface area (Å²) in [7, 11) is 0. The molecule has 2 aromatic rings. The standard InChI is InChI=1S/C14H20N4O/c1-2-19-14-7-5-12(6-8-14)10-18-11-13(16-17-18)4-3-9-15/h5-8,11H,2-4,9-10,15H2,1H3. The Kier molecular flexibility index (Phi) is 4.92. The van der Waals surface area contributed by atoms with Crippen LogP contribution in [0.25, 0.3) is 0 Å². The van der Waals surface area contributed by atoms with Gasteiger partial charge >= 0.3 is 0 Å². The molecule has 0 unspecified atom stereocenters. The van der Waals surface area contributed by atoms with E-state index in [0.717, 1.165) is 30.8 Å². The van der Waals surface area contributed by atoms with Gasteiger partial charge in [-0.3, -0.25) is 0 Å². The summed E-state index contributed by atoms with van der Waals surface area (Å²) in [4.78, 5) is 0. The van der Waals surface area contributed by atoms with Gasteiger partial charge in [0, 0.05) is 6.20 Å². The minimum Gasteiger partial charge on any atom is -0.494 e. The van der Waals surface area contributed by atoms with Crippen LogP contribution in [-0.4, -0.2) is 28.1 Å². The molecule has 102 valence electrons. The molecule has 0 aliphatic carbocycles. The van der Waals surface area contributed by atoms with Gasteiger partial charge in [0.25, 0.3) is 0 Å². The number of hydrogen-bond acceptors (Lipinski definition) is 4. The van der Waals surface area contributed by atoms with E-state index >= 15 is 0 Å². The number of ether oxygens (including phenoxy) is 1. The zero-order valence-electron chi connectivity index (χ0n) is 11.2. The maximum absolute atomic E-state index is 5.48. The molecule has 5 nitrogen and oxygen atoms in total. The molecule has 5 heteroatoms. The predicted octanol–water partition coefficient (Wildman–Crippen LogP) is 1.62. The Balaban J connectivity index is 1.94. The van der Waals surface area contributed by atoms with Gasteiger partial charge < -0.3 is 10.5 Å². The maximum Gasteiger partial charge on any atom is 0.119 e. The first-order valence-corrected chi connectivity index (χ1v) is 6.62. The first-order chi connectivity index (χ1) is 9.31. The second kappa shape index (κ2) is 6.89. The van der Waals surface area contributed by atoms with Gasteiger partial charge in [-0.25, -0.2) is 4.68 Å². The molecule has 19 heavy (non-hydrogen) atoms. The Hall–Kier alpha value is -1.88. The topological polar surface area (TPSA) is 66.0 Å². The molecule has 0 aliphatic heterocycles. The largest absolute Gasteiger partial charge is 0.494 e. The smallest absolute Gasteiger partial charge is 0.119 e. The third-order valence-corrected chi connectivity index (χ3v) is 2.80. The molecule has 0 amide bonds. The summed E-state index contributed by atoms with van der Waals surface area (Å²) in [6.07, 6.45) is 3.81. The van der Waals surface area contributed by atoms with E-state index in [1.165, 1.54) is 5.56 Å². The number of rotatable bonds is 7. The molecule has 1 aromatic heterocycles. The summed E-state index contributed by atoms with van der Waals surface area (Å²) < 4.78 is 7.26. The van der Waals surface area contributed by atoms with Crippen molar-refractivity contribution in [3.8, 4) is 5.75 Å². The van der Waals surface area contributed by atoms with Gasteiger partial charge in [0.05, 0.1) is 18.8 Å². The first-order valence-electron chi connectivity index (χ1n) is 6.62. The lowest BCUT2D eigenvalue weighted by atomic mass is 10.2. The van der Waals surface area contributed by atoms with Crippen molar-refractivity contribution in [1.29, 1.82) is 0 Å². The Labute approximate surface area is 113 Å². The molecule has 0 bridgehead atoms. The molecular formula is C14H20N4O. The van der Waals surface area contributed by atoms with Crippen LogP contribution in [0.2, 0.25) is 0 Å². The highest BCUT2D eigenvalue weighted by Crippen LogP contribution is 2.12. The van der Waals surface area contributed by atoms with E-state index < -0.39 is 0 Å². The molecule has 2 rings (SSSR count). The fourth-order valence-corrected chi connectivity index (χ4v) is 1.86. The first kappa shape index (κ1) is 13.5. The second-order valence-electron chi connectivity index (χ2n) is 4.38. The average Bonchev–Trinajstić information content (AvgIpc) is 2.87. The molecule has 0 spiro atoms. The number of hydrogen-bond donors (Lipinski definition) is 1. The molecule has 0 saturated heterocycles. The lowest BCUT2D eigenvalue weighted by molar-refractivity contribution is 0.340. The van der Waals surface area contributed by atoms with Crippen LogP contribution in [0.3, 0.4) is 0 Å². The Bertz CT molecular complexity index is 492. The number of aryl methyl sites for hydroxylation is 1. The highest BCUT2D eigenvalue weighted by Gasteiger charge is 2.01. The maximum atomic E-state index is 5.48. The van der Waals surface area contributed by atoms with E-state index in [1.54, 1.807) is 0 Å². The average molecular weight is 260 g/mol. The minimum absolute atomic E-state index is 0.686. The molecule has 0 saturated carbocycles. The molecular weight excluding hydrogens is 240 g/mol. The third kappa shape index (κ3) is 4.06. The molecule has 0 fully saturated rings. The van der Waals surface area contributed by atoms with Gasteiger partial charge in [-0.1, -0.05) is 17.3 Å². The van der Waals surface area contributed by atoms with Crippen LogP contribution >= 0.6 is 0 Å². The molecule has 1 aromatic carbocycles. The summed E-state index contributed by atoms with van der Waals surface area (Å²) in [5.74, 6) is 0.897. The van der Waals surface area contributed by atoms with Crippen LogP contribution in [0.4, 0.5) is 0 Å². The number of aromatic nitrogens is 3. The molecule has 0 radical (unpaired) electrons. The Morgan fingerprint density at radius 3 is 2.74 bits per heavy atom. The molecule has 0 aliphatic rings. The van der Waals surface area contributed by atoms with Crippen LogP contribution in [0.1, 0.15) is 24.6 Å². The highest BCUT2D eigenvalue weighted by molar-refractivity contribution is 5.27. The van der Waals surface area contributed by atoms with Crippen LogP contribution in [0, 0.1) is 0 Å². The van der Waals surface area contributed by atoms with E-state index in [4.69, 9.17) is 10.5 Å². The zero-order valence-corrected chi connectivity index (χ0v) is 11.2. The summed E-state index contributed by atoms with van der Waals surface area (Å²) in [5.41, 5.74) is 7.65. The SMILES string of the molecule is CCOc1ccc(Cn2cc(CCCN)nn2)cc1. The van der Waals surface area contributed by atoms with Gasteiger partial charge in [0.1, 0.15) is 5.75 Å². The number of nitrogens with zero attached hydrogens (tertiary/aromatic N) is 3. The van der Waals surface area contributed by atoms with Crippen molar-refractivity contribution in [1.82, 2.24) is 15.0 Å². The quantitative estimate of drug-likeness (QED) is 0.821. The second-order valence-corrected chi connectivity index (χ2v) is 4.38. The lowest BCUT2D eigenvalue weighted by Gasteiger charge is -2.04. The Morgan fingerprint density at radius 2 is 2.05 bits per heavy atom. The van der Waals surface area contributed by atoms with Gasteiger partial charge in [-0.15, -0.1) is 5.10 Å². The van der Waals surface area contributed by atoms with Gasteiger partial charge in [-0.2, -0.15) is 0 Å². The van der Waals surface area contributed by atoms with E-state index in [9.17, 15) is 0 Å². The van der Waals surface area contributed by atoms with Crippen molar-refractivity contribution in [2.24, 2.45) is 5.73 Å². The fourth-order valence-electron chi connectivity index (χ4n) is 1.86. The van der Waals surface area contributed by atoms with Gasteiger partial charge in [-0.05, 0) is 44.0 Å². The molecule has 0 atom stereocenters. The van der Waals surface area contributed by atoms with Gasteiger partial charge in [0.2, 0.25) is 0 Å². The van der Waals surface area contributed by atoms with Crippen LogP contribution in [-0.2, 0) is 13.0 Å². The summed E-state index contributed by atoms with van der Waals surface area (Å²) >= 11 is 0. The lowest BCUT2D eigenvalue weighted by Crippen LogP contribution is -2.01. The third-order valence-electron chi connectivity index (χ3n) is 2.80. The Morgan fingerprint density at radius 1 is 1.26 bits per heavy atom. The van der Waals surface area contributed by atoms with E-state index in [1.807, 2.05) is 42.1 Å². The number of nitrogens with two attached hydrogens (primary N) is 1. The van der Waals surface area contributed by atoms with E-state index in [0.29, 0.717) is 13.2 Å². The van der Waals surface area contributed by atoms with Gasteiger partial charge in [0.15, 0.2) is 0 Å². The predicted molar refractivity (Wildman–Crippen MR) is 74.1 cm³/mol. The van der Waals surface area contributed by atoms with Crippen LogP contribution in [0.15, 0.2) is 30.5 Å². The summed E-state index contributed by atoms with van der Waals surface area (Å²) in [6.45, 7) is 4.08. The van der Waals surface area contributed by atoms with Crippen molar-refractivity contribution in [2.75, 3.05) is 13.2 Å². The molecule has 2 N–H and O–H groups in total. The van der Waals surface area contributed by atoms with E-state index in [2.05, 4.69) is 10.3 Å². The van der Waals surface area contributed by atoms with Crippen molar-refractivity contribution < 1.29 is 4.74 Å². The minimum atomic E-state index is 0.686. The molecule has 1 heterocycles. The highest BCUT2D eigenvalue weighted by atomic mass is 16.5. The summed E-state index contributed by atoms with van der Waals surface area (Å²) in [6, 6.07) is 8.05. The zero-order chi connectivity index (χ0) is 13.5. The number of benzene rings is 1. The van der Waals surface area contributed by atoms with Crippen LogP contribution in [0.5, 0.6) is 5.75 Å². The van der Waals surface area contributed by atoms with Crippen molar-refractivity contribution in [3.63, 3.8) is 0 Å². The van der Waals surface area contributed by atoms with Crippen molar-refractivity contribution >= 4 is 0 Å². The normalized spacial score (nSPS) is 10.6. The van der Waals surface area contributed by atoms with E-state index in [-0.39, 0.29) is 0 Å².